The van der Waals surface area contributed by atoms with E-state index in [1.165, 1.54) is 12.1 Å². The van der Waals surface area contributed by atoms with Gasteiger partial charge in [0.2, 0.25) is 5.82 Å². The smallest absolute Gasteiger partial charge is 0.321 e. The van der Waals surface area contributed by atoms with E-state index < -0.39 is 5.82 Å². The SMILES string of the molecule is CCCNc1nc(-c2ccc(F)c(Cl)c2)no1. The molecule has 17 heavy (non-hydrogen) atoms. The molecule has 0 atom stereocenters. The van der Waals surface area contributed by atoms with Crippen LogP contribution in [0.15, 0.2) is 22.7 Å². The monoisotopic (exact) mass is 255 g/mol. The number of hydrogen-bond donors (Lipinski definition) is 1. The molecule has 90 valence electrons. The molecule has 0 saturated heterocycles. The van der Waals surface area contributed by atoms with E-state index in [1.807, 2.05) is 6.92 Å². The number of hydrogen-bond acceptors (Lipinski definition) is 4. The normalized spacial score (nSPS) is 10.5. The molecule has 0 amide bonds. The van der Waals surface area contributed by atoms with Crippen molar-refractivity contribution < 1.29 is 8.91 Å². The van der Waals surface area contributed by atoms with Gasteiger partial charge in [-0.3, -0.25) is 0 Å². The second-order valence-corrected chi connectivity index (χ2v) is 3.89. The largest absolute Gasteiger partial charge is 0.338 e. The molecule has 0 aliphatic heterocycles. The zero-order chi connectivity index (χ0) is 12.3. The summed E-state index contributed by atoms with van der Waals surface area (Å²) in [5.41, 5.74) is 0.615. The Hall–Kier alpha value is -1.62. The minimum absolute atomic E-state index is 0.0374. The highest BCUT2D eigenvalue weighted by Crippen LogP contribution is 2.23. The third kappa shape index (κ3) is 2.74. The molecule has 0 unspecified atom stereocenters. The highest BCUT2D eigenvalue weighted by atomic mass is 35.5. The maximum Gasteiger partial charge on any atom is 0.321 e. The van der Waals surface area contributed by atoms with Gasteiger partial charge < -0.3 is 9.84 Å². The number of aromatic nitrogens is 2. The number of nitrogens with one attached hydrogen (secondary N) is 1. The Bertz CT molecular complexity index is 515. The lowest BCUT2D eigenvalue weighted by atomic mass is 10.2. The molecule has 0 radical (unpaired) electrons. The van der Waals surface area contributed by atoms with E-state index in [0.29, 0.717) is 17.4 Å². The van der Waals surface area contributed by atoms with Crippen LogP contribution in [-0.2, 0) is 0 Å². The molecule has 1 N–H and O–H groups in total. The first-order valence-electron chi connectivity index (χ1n) is 5.23. The first-order chi connectivity index (χ1) is 8.20. The predicted molar refractivity (Wildman–Crippen MR) is 63.5 cm³/mol. The highest BCUT2D eigenvalue weighted by Gasteiger charge is 2.09. The fourth-order valence-electron chi connectivity index (χ4n) is 1.28. The zero-order valence-electron chi connectivity index (χ0n) is 9.20. The maximum atomic E-state index is 13.0. The van der Waals surface area contributed by atoms with Crippen molar-refractivity contribution in [1.29, 1.82) is 0 Å². The summed E-state index contributed by atoms with van der Waals surface area (Å²) < 4.78 is 18.0. The summed E-state index contributed by atoms with van der Waals surface area (Å²) in [7, 11) is 0. The van der Waals surface area contributed by atoms with Crippen molar-refractivity contribution in [2.75, 3.05) is 11.9 Å². The molecule has 4 nitrogen and oxygen atoms in total. The fourth-order valence-corrected chi connectivity index (χ4v) is 1.46. The highest BCUT2D eigenvalue weighted by molar-refractivity contribution is 6.31. The second-order valence-electron chi connectivity index (χ2n) is 3.48. The van der Waals surface area contributed by atoms with Crippen molar-refractivity contribution in [2.45, 2.75) is 13.3 Å². The topological polar surface area (TPSA) is 51.0 Å². The molecule has 0 saturated carbocycles. The van der Waals surface area contributed by atoms with Crippen LogP contribution in [-0.4, -0.2) is 16.7 Å². The molecule has 1 aromatic heterocycles. The third-order valence-electron chi connectivity index (χ3n) is 2.13. The van der Waals surface area contributed by atoms with Gasteiger partial charge in [-0.05, 0) is 24.6 Å². The summed E-state index contributed by atoms with van der Waals surface area (Å²) in [4.78, 5) is 4.12. The van der Waals surface area contributed by atoms with Crippen molar-refractivity contribution in [3.63, 3.8) is 0 Å². The average Bonchev–Trinajstić information content (AvgIpc) is 2.79. The van der Waals surface area contributed by atoms with Crippen LogP contribution in [0.4, 0.5) is 10.4 Å². The van der Waals surface area contributed by atoms with E-state index in [9.17, 15) is 4.39 Å². The van der Waals surface area contributed by atoms with Crippen LogP contribution in [0.25, 0.3) is 11.4 Å². The maximum absolute atomic E-state index is 13.0. The lowest BCUT2D eigenvalue weighted by Crippen LogP contribution is -1.99. The van der Waals surface area contributed by atoms with Gasteiger partial charge in [-0.1, -0.05) is 23.7 Å². The molecular formula is C11H11ClFN3O. The Morgan fingerprint density at radius 3 is 3.00 bits per heavy atom. The Morgan fingerprint density at radius 1 is 1.47 bits per heavy atom. The zero-order valence-corrected chi connectivity index (χ0v) is 9.96. The summed E-state index contributed by atoms with van der Waals surface area (Å²) >= 11 is 5.68. The first-order valence-corrected chi connectivity index (χ1v) is 5.61. The minimum atomic E-state index is -0.469. The van der Waals surface area contributed by atoms with Crippen molar-refractivity contribution in [1.82, 2.24) is 10.1 Å². The van der Waals surface area contributed by atoms with Crippen LogP contribution in [0, 0.1) is 5.82 Å². The molecule has 0 bridgehead atoms. The molecule has 0 aliphatic rings. The van der Waals surface area contributed by atoms with Crippen LogP contribution in [0.1, 0.15) is 13.3 Å². The van der Waals surface area contributed by atoms with Gasteiger partial charge in [0.05, 0.1) is 5.02 Å². The van der Waals surface area contributed by atoms with Crippen LogP contribution >= 0.6 is 11.6 Å². The van der Waals surface area contributed by atoms with E-state index >= 15 is 0 Å². The quantitative estimate of drug-likeness (QED) is 0.910. The molecule has 0 spiro atoms. The van der Waals surface area contributed by atoms with E-state index in [1.54, 1.807) is 6.07 Å². The number of halogens is 2. The van der Waals surface area contributed by atoms with E-state index in [4.69, 9.17) is 16.1 Å². The molecule has 6 heteroatoms. The van der Waals surface area contributed by atoms with E-state index in [2.05, 4.69) is 15.5 Å². The minimum Gasteiger partial charge on any atom is -0.338 e. The van der Waals surface area contributed by atoms with Crippen LogP contribution in [0.2, 0.25) is 5.02 Å². The summed E-state index contributed by atoms with van der Waals surface area (Å²) in [6.07, 6.45) is 0.958. The number of benzene rings is 1. The standard InChI is InChI=1S/C11H11ClFN3O/c1-2-5-14-11-15-10(16-17-11)7-3-4-9(13)8(12)6-7/h3-4,6H,2,5H2,1H3,(H,14,15,16). The Morgan fingerprint density at radius 2 is 2.29 bits per heavy atom. The van der Waals surface area contributed by atoms with Gasteiger partial charge in [0.15, 0.2) is 0 Å². The van der Waals surface area contributed by atoms with Gasteiger partial charge in [-0.15, -0.1) is 0 Å². The Kier molecular flexibility index (Phi) is 3.58. The van der Waals surface area contributed by atoms with Crippen molar-refractivity contribution in [3.05, 3.63) is 29.0 Å². The third-order valence-corrected chi connectivity index (χ3v) is 2.42. The van der Waals surface area contributed by atoms with Crippen LogP contribution < -0.4 is 5.32 Å². The molecule has 2 aromatic rings. The van der Waals surface area contributed by atoms with E-state index in [0.717, 1.165) is 13.0 Å². The summed E-state index contributed by atoms with van der Waals surface area (Å²) in [6, 6.07) is 4.64. The lowest BCUT2D eigenvalue weighted by Gasteiger charge is -1.96. The molecule has 1 aromatic carbocycles. The first kappa shape index (κ1) is 11.9. The number of rotatable bonds is 4. The number of anilines is 1. The van der Waals surface area contributed by atoms with Gasteiger partial charge in [-0.25, -0.2) is 4.39 Å². The van der Waals surface area contributed by atoms with Gasteiger partial charge >= 0.3 is 6.01 Å². The predicted octanol–water partition coefficient (Wildman–Crippen LogP) is 3.35. The molecule has 1 heterocycles. The van der Waals surface area contributed by atoms with Gasteiger partial charge in [0.1, 0.15) is 5.82 Å². The van der Waals surface area contributed by atoms with Crippen LogP contribution in [0.5, 0.6) is 0 Å². The summed E-state index contributed by atoms with van der Waals surface area (Å²) in [5.74, 6) is -0.0891. The molecule has 2 rings (SSSR count). The molecule has 0 fully saturated rings. The van der Waals surface area contributed by atoms with Gasteiger partial charge in [-0.2, -0.15) is 4.98 Å². The van der Waals surface area contributed by atoms with E-state index in [-0.39, 0.29) is 5.02 Å². The van der Waals surface area contributed by atoms with Crippen molar-refractivity contribution in [3.8, 4) is 11.4 Å². The van der Waals surface area contributed by atoms with Gasteiger partial charge in [0.25, 0.3) is 0 Å². The Labute approximate surface area is 103 Å². The fraction of sp³-hybridized carbons (Fsp3) is 0.273. The molecular weight excluding hydrogens is 245 g/mol. The van der Waals surface area contributed by atoms with Crippen molar-refractivity contribution in [2.24, 2.45) is 0 Å². The average molecular weight is 256 g/mol. The summed E-state index contributed by atoms with van der Waals surface area (Å²) in [5, 5.41) is 6.78. The van der Waals surface area contributed by atoms with Gasteiger partial charge in [0, 0.05) is 12.1 Å². The summed E-state index contributed by atoms with van der Waals surface area (Å²) in [6.45, 7) is 2.79. The van der Waals surface area contributed by atoms with Crippen LogP contribution in [0.3, 0.4) is 0 Å². The second kappa shape index (κ2) is 5.14. The van der Waals surface area contributed by atoms with Crippen molar-refractivity contribution >= 4 is 17.6 Å². The lowest BCUT2D eigenvalue weighted by molar-refractivity contribution is 0.432. The number of nitrogens with zero attached hydrogens (tertiary/aromatic N) is 2. The Balaban J connectivity index is 2.21. The molecule has 0 aliphatic carbocycles.